The molecule has 1 aromatic heterocycles. The lowest BCUT2D eigenvalue weighted by Crippen LogP contribution is -2.50. The van der Waals surface area contributed by atoms with Crippen molar-refractivity contribution in [3.05, 3.63) is 41.6 Å². The molecule has 0 spiro atoms. The highest BCUT2D eigenvalue weighted by Gasteiger charge is 2.25. The van der Waals surface area contributed by atoms with Crippen molar-refractivity contribution in [1.29, 1.82) is 0 Å². The highest BCUT2D eigenvalue weighted by molar-refractivity contribution is 5.89. The number of halogens is 2. The summed E-state index contributed by atoms with van der Waals surface area (Å²) in [6.07, 6.45) is 2.31. The Morgan fingerprint density at radius 3 is 2.28 bits per heavy atom. The molecule has 2 fully saturated rings. The molecule has 2 aliphatic rings. The van der Waals surface area contributed by atoms with Crippen LogP contribution >= 0.6 is 0 Å². The van der Waals surface area contributed by atoms with E-state index in [4.69, 9.17) is 4.98 Å². The Bertz CT molecular complexity index is 874. The second-order valence-electron chi connectivity index (χ2n) is 7.36. The van der Waals surface area contributed by atoms with Gasteiger partial charge in [0.1, 0.15) is 23.1 Å². The van der Waals surface area contributed by atoms with Gasteiger partial charge in [-0.1, -0.05) is 6.07 Å². The Balaban J connectivity index is 1.40. The fourth-order valence-corrected chi connectivity index (χ4v) is 3.70. The number of carbonyl (C=O) groups excluding carboxylic acids is 1. The maximum Gasteiger partial charge on any atom is 0.322 e. The molecule has 1 aromatic carbocycles. The summed E-state index contributed by atoms with van der Waals surface area (Å²) in [6.45, 7) is 5.95. The summed E-state index contributed by atoms with van der Waals surface area (Å²) in [7, 11) is 0. The number of hydrogen-bond donors (Lipinski definition) is 1. The Kier molecular flexibility index (Phi) is 5.46. The average molecular weight is 402 g/mol. The van der Waals surface area contributed by atoms with Gasteiger partial charge in [0.15, 0.2) is 0 Å². The highest BCUT2D eigenvalue weighted by atomic mass is 19.1. The molecule has 2 aliphatic heterocycles. The Hall–Kier alpha value is -2.97. The minimum atomic E-state index is -0.789. The number of aryl methyl sites for hydroxylation is 1. The summed E-state index contributed by atoms with van der Waals surface area (Å²) in [4.78, 5) is 27.6. The summed E-state index contributed by atoms with van der Waals surface area (Å²) in [5.41, 5.74) is 0.494. The van der Waals surface area contributed by atoms with E-state index in [1.165, 1.54) is 6.07 Å². The van der Waals surface area contributed by atoms with Gasteiger partial charge in [-0.05, 0) is 31.9 Å². The normalized spacial score (nSPS) is 17.0. The van der Waals surface area contributed by atoms with Gasteiger partial charge in [0.05, 0.1) is 0 Å². The third-order valence-corrected chi connectivity index (χ3v) is 5.30. The van der Waals surface area contributed by atoms with E-state index in [9.17, 15) is 13.6 Å². The molecule has 2 aromatic rings. The van der Waals surface area contributed by atoms with Crippen molar-refractivity contribution < 1.29 is 13.6 Å². The Morgan fingerprint density at radius 1 is 0.966 bits per heavy atom. The molecule has 0 atom stereocenters. The van der Waals surface area contributed by atoms with Crippen molar-refractivity contribution in [1.82, 2.24) is 14.9 Å². The number of benzene rings is 1. The summed E-state index contributed by atoms with van der Waals surface area (Å²) < 4.78 is 27.5. The molecule has 3 heterocycles. The second-order valence-corrected chi connectivity index (χ2v) is 7.36. The summed E-state index contributed by atoms with van der Waals surface area (Å²) in [5.74, 6) is 0.0260. The first kappa shape index (κ1) is 19.4. The van der Waals surface area contributed by atoms with Crippen LogP contribution in [0.4, 0.5) is 31.0 Å². The molecule has 0 aliphatic carbocycles. The van der Waals surface area contributed by atoms with Crippen LogP contribution in [0, 0.1) is 18.6 Å². The van der Waals surface area contributed by atoms with Crippen LogP contribution in [-0.2, 0) is 0 Å². The monoisotopic (exact) mass is 402 g/mol. The molecule has 0 unspecified atom stereocenters. The number of rotatable bonds is 3. The molecule has 154 valence electrons. The highest BCUT2D eigenvalue weighted by Crippen LogP contribution is 2.23. The van der Waals surface area contributed by atoms with E-state index in [1.807, 2.05) is 13.0 Å². The van der Waals surface area contributed by atoms with E-state index >= 15 is 0 Å². The lowest BCUT2D eigenvalue weighted by Gasteiger charge is -2.35. The fourth-order valence-electron chi connectivity index (χ4n) is 3.70. The summed E-state index contributed by atoms with van der Waals surface area (Å²) >= 11 is 0. The number of carbonyl (C=O) groups is 1. The number of para-hydroxylation sites is 1. The number of anilines is 3. The fraction of sp³-hybridized carbons (Fsp3) is 0.450. The van der Waals surface area contributed by atoms with E-state index < -0.39 is 23.4 Å². The Morgan fingerprint density at radius 2 is 1.62 bits per heavy atom. The van der Waals surface area contributed by atoms with Crippen molar-refractivity contribution >= 4 is 23.5 Å². The quantitative estimate of drug-likeness (QED) is 0.855. The number of nitrogens with one attached hydrogen (secondary N) is 1. The first-order valence-electron chi connectivity index (χ1n) is 9.87. The van der Waals surface area contributed by atoms with E-state index in [-0.39, 0.29) is 0 Å². The largest absolute Gasteiger partial charge is 0.353 e. The lowest BCUT2D eigenvalue weighted by molar-refractivity contribution is 0.208. The molecule has 0 saturated carbocycles. The maximum atomic E-state index is 13.8. The summed E-state index contributed by atoms with van der Waals surface area (Å²) in [6, 6.07) is 4.94. The van der Waals surface area contributed by atoms with Crippen molar-refractivity contribution in [2.75, 3.05) is 54.4 Å². The molecule has 7 nitrogen and oxygen atoms in total. The zero-order valence-corrected chi connectivity index (χ0v) is 16.4. The first-order valence-corrected chi connectivity index (χ1v) is 9.87. The minimum absolute atomic E-state index is 0.415. The predicted octanol–water partition coefficient (Wildman–Crippen LogP) is 3.02. The molecular weight excluding hydrogens is 378 g/mol. The van der Waals surface area contributed by atoms with Gasteiger partial charge in [0.25, 0.3) is 0 Å². The van der Waals surface area contributed by atoms with Gasteiger partial charge in [-0.15, -0.1) is 0 Å². The van der Waals surface area contributed by atoms with Crippen LogP contribution in [0.1, 0.15) is 18.5 Å². The van der Waals surface area contributed by atoms with Crippen LogP contribution in [0.15, 0.2) is 24.3 Å². The van der Waals surface area contributed by atoms with Gasteiger partial charge in [-0.2, -0.15) is 4.98 Å². The number of piperazine rings is 1. The van der Waals surface area contributed by atoms with Gasteiger partial charge in [0, 0.05) is 51.0 Å². The van der Waals surface area contributed by atoms with Crippen molar-refractivity contribution in [3.8, 4) is 0 Å². The number of amides is 2. The van der Waals surface area contributed by atoms with Crippen molar-refractivity contribution in [2.45, 2.75) is 19.8 Å². The molecule has 1 N–H and O–H groups in total. The molecule has 2 saturated heterocycles. The van der Waals surface area contributed by atoms with E-state index in [0.717, 1.165) is 55.5 Å². The SMILES string of the molecule is Cc1cc(N2CCN(C(=O)Nc3c(F)cccc3F)CC2)nc(N2CCCC2)n1. The zero-order chi connectivity index (χ0) is 20.4. The molecule has 4 rings (SSSR count). The number of urea groups is 1. The van der Waals surface area contributed by atoms with E-state index in [2.05, 4.69) is 20.1 Å². The standard InChI is InChI=1S/C20H24F2N6O/c1-14-13-17(24-19(23-14)27-7-2-3-8-27)26-9-11-28(12-10-26)20(29)25-18-15(21)5-4-6-16(18)22/h4-6,13H,2-3,7-12H2,1H3,(H,25,29). The predicted molar refractivity (Wildman–Crippen MR) is 107 cm³/mol. The minimum Gasteiger partial charge on any atom is -0.353 e. The third kappa shape index (κ3) is 4.23. The lowest BCUT2D eigenvalue weighted by atomic mass is 10.3. The van der Waals surface area contributed by atoms with Gasteiger partial charge < -0.3 is 20.0 Å². The maximum absolute atomic E-state index is 13.8. The smallest absolute Gasteiger partial charge is 0.322 e. The molecule has 2 amide bonds. The van der Waals surface area contributed by atoms with Gasteiger partial charge >= 0.3 is 6.03 Å². The van der Waals surface area contributed by atoms with E-state index in [0.29, 0.717) is 26.2 Å². The van der Waals surface area contributed by atoms with Crippen LogP contribution in [0.3, 0.4) is 0 Å². The number of aromatic nitrogens is 2. The molecule has 29 heavy (non-hydrogen) atoms. The van der Waals surface area contributed by atoms with Crippen LogP contribution < -0.4 is 15.1 Å². The van der Waals surface area contributed by atoms with Crippen molar-refractivity contribution in [3.63, 3.8) is 0 Å². The summed E-state index contributed by atoms with van der Waals surface area (Å²) in [5, 5.41) is 2.34. The van der Waals surface area contributed by atoms with Gasteiger partial charge in [-0.25, -0.2) is 18.6 Å². The van der Waals surface area contributed by atoms with Crippen molar-refractivity contribution in [2.24, 2.45) is 0 Å². The van der Waals surface area contributed by atoms with Crippen LogP contribution in [0.5, 0.6) is 0 Å². The Labute approximate surface area is 168 Å². The number of nitrogens with zero attached hydrogens (tertiary/aromatic N) is 5. The number of hydrogen-bond acceptors (Lipinski definition) is 5. The molecular formula is C20H24F2N6O. The third-order valence-electron chi connectivity index (χ3n) is 5.30. The second kappa shape index (κ2) is 8.18. The van der Waals surface area contributed by atoms with Crippen LogP contribution in [0.25, 0.3) is 0 Å². The average Bonchev–Trinajstić information content (AvgIpc) is 3.25. The van der Waals surface area contributed by atoms with Crippen LogP contribution in [-0.4, -0.2) is 60.2 Å². The topological polar surface area (TPSA) is 64.6 Å². The first-order chi connectivity index (χ1) is 14.0. The van der Waals surface area contributed by atoms with E-state index in [1.54, 1.807) is 4.90 Å². The van der Waals surface area contributed by atoms with Gasteiger partial charge in [-0.3, -0.25) is 0 Å². The van der Waals surface area contributed by atoms with Crippen LogP contribution in [0.2, 0.25) is 0 Å². The van der Waals surface area contributed by atoms with Gasteiger partial charge in [0.2, 0.25) is 5.95 Å². The molecule has 0 radical (unpaired) electrons. The molecule has 0 bridgehead atoms. The molecule has 9 heteroatoms. The zero-order valence-electron chi connectivity index (χ0n) is 16.4.